The number of quaternary nitrogens is 1. The van der Waals surface area contributed by atoms with Gasteiger partial charge in [-0.15, -0.1) is 0 Å². The van der Waals surface area contributed by atoms with Crippen LogP contribution in [0.1, 0.15) is 47.5 Å². The minimum atomic E-state index is -1.41. The van der Waals surface area contributed by atoms with Gasteiger partial charge in [0.05, 0.1) is 24.2 Å². The van der Waals surface area contributed by atoms with Crippen LogP contribution in [0, 0.1) is 0 Å². The fourth-order valence-corrected chi connectivity index (χ4v) is 4.25. The predicted octanol–water partition coefficient (Wildman–Crippen LogP) is -0.207. The van der Waals surface area contributed by atoms with E-state index >= 15 is 0 Å². The molecule has 6 nitrogen and oxygen atoms in total. The Morgan fingerprint density at radius 1 is 1.20 bits per heavy atom. The van der Waals surface area contributed by atoms with Crippen molar-refractivity contribution in [1.29, 1.82) is 0 Å². The molecule has 1 spiro atoms. The average molecular weight is 287 g/mol. The zero-order chi connectivity index (χ0) is 15.4. The highest BCUT2D eigenvalue weighted by Crippen LogP contribution is 2.47. The van der Waals surface area contributed by atoms with Gasteiger partial charge in [0.15, 0.2) is 11.3 Å². The van der Waals surface area contributed by atoms with Gasteiger partial charge in [-0.25, -0.2) is 4.79 Å². The molecular weight excluding hydrogens is 260 g/mol. The monoisotopic (exact) mass is 287 g/mol. The van der Waals surface area contributed by atoms with Gasteiger partial charge in [0.1, 0.15) is 0 Å². The molecule has 116 valence electrons. The molecule has 2 fully saturated rings. The van der Waals surface area contributed by atoms with Gasteiger partial charge >= 0.3 is 6.09 Å². The smallest absolute Gasteiger partial charge is 0.412 e. The third kappa shape index (κ3) is 2.29. The molecule has 20 heavy (non-hydrogen) atoms. The van der Waals surface area contributed by atoms with Gasteiger partial charge in [0.2, 0.25) is 0 Å². The number of aliphatic hydroxyl groups excluding tert-OH is 1. The van der Waals surface area contributed by atoms with Crippen molar-refractivity contribution in [2.24, 2.45) is 0 Å². The summed E-state index contributed by atoms with van der Waals surface area (Å²) in [6, 6.07) is 0. The zero-order valence-corrected chi connectivity index (χ0v) is 13.1. The summed E-state index contributed by atoms with van der Waals surface area (Å²) in [6.45, 7) is 9.87. The number of β-amino-alcohol motifs (C(OH)–C–C–N with tert-alkyl or cyclic N) is 1. The Labute approximate surface area is 120 Å². The standard InChI is InChI=1S/C14H26N2O4/c1-11(2)8-14(9-12(3,4)15-11)13(5,19)16(6-7-17)10(18)20-14/h15,17,19H,6-9H2,1-5H3/p+1/t13-/m1/s1. The van der Waals surface area contributed by atoms with E-state index in [1.54, 1.807) is 6.92 Å². The molecule has 2 aliphatic heterocycles. The van der Waals surface area contributed by atoms with E-state index in [1.165, 1.54) is 4.90 Å². The molecule has 0 unspecified atom stereocenters. The number of carbonyl (C=O) groups is 1. The molecule has 0 aliphatic carbocycles. The average Bonchev–Trinajstić information content (AvgIpc) is 2.34. The number of nitrogens with zero attached hydrogens (tertiary/aromatic N) is 1. The fraction of sp³-hybridized carbons (Fsp3) is 0.929. The van der Waals surface area contributed by atoms with E-state index in [1.807, 2.05) is 0 Å². The molecule has 4 N–H and O–H groups in total. The molecular formula is C14H27N2O4+. The normalized spacial score (nSPS) is 34.4. The Morgan fingerprint density at radius 2 is 1.70 bits per heavy atom. The summed E-state index contributed by atoms with van der Waals surface area (Å²) in [7, 11) is 0. The van der Waals surface area contributed by atoms with Crippen LogP contribution >= 0.6 is 0 Å². The first kappa shape index (κ1) is 15.5. The fourth-order valence-electron chi connectivity index (χ4n) is 4.25. The highest BCUT2D eigenvalue weighted by molar-refractivity contribution is 5.72. The molecule has 2 rings (SSSR count). The van der Waals surface area contributed by atoms with Crippen molar-refractivity contribution in [3.05, 3.63) is 0 Å². The lowest BCUT2D eigenvalue weighted by atomic mass is 9.68. The number of rotatable bonds is 2. The van der Waals surface area contributed by atoms with Crippen LogP contribution in [0.15, 0.2) is 0 Å². The van der Waals surface area contributed by atoms with Crippen molar-refractivity contribution in [2.45, 2.75) is 69.9 Å². The number of aliphatic hydroxyl groups is 2. The molecule has 1 atom stereocenters. The zero-order valence-electron chi connectivity index (χ0n) is 13.1. The first-order valence-electron chi connectivity index (χ1n) is 7.16. The maximum Gasteiger partial charge on any atom is 0.412 e. The number of hydrogen-bond donors (Lipinski definition) is 3. The number of carbonyl (C=O) groups excluding carboxylic acids is 1. The summed E-state index contributed by atoms with van der Waals surface area (Å²) in [5.74, 6) is 0. The summed E-state index contributed by atoms with van der Waals surface area (Å²) in [5, 5.41) is 22.3. The van der Waals surface area contributed by atoms with Crippen LogP contribution in [-0.2, 0) is 4.74 Å². The van der Waals surface area contributed by atoms with Crippen LogP contribution in [0.2, 0.25) is 0 Å². The Kier molecular flexibility index (Phi) is 3.36. The van der Waals surface area contributed by atoms with Gasteiger partial charge in [-0.1, -0.05) is 0 Å². The van der Waals surface area contributed by atoms with Crippen molar-refractivity contribution in [3.63, 3.8) is 0 Å². The van der Waals surface area contributed by atoms with Crippen molar-refractivity contribution in [1.82, 2.24) is 4.90 Å². The van der Waals surface area contributed by atoms with Crippen molar-refractivity contribution < 1.29 is 25.1 Å². The lowest BCUT2D eigenvalue weighted by Gasteiger charge is -2.51. The minimum absolute atomic E-state index is 0.0815. The van der Waals surface area contributed by atoms with E-state index < -0.39 is 17.4 Å². The maximum atomic E-state index is 12.1. The largest absolute Gasteiger partial charge is 0.437 e. The van der Waals surface area contributed by atoms with Crippen LogP contribution in [0.4, 0.5) is 4.79 Å². The molecule has 2 heterocycles. The Bertz CT molecular complexity index is 401. The predicted molar refractivity (Wildman–Crippen MR) is 72.9 cm³/mol. The highest BCUT2D eigenvalue weighted by Gasteiger charge is 2.68. The van der Waals surface area contributed by atoms with Crippen LogP contribution in [0.5, 0.6) is 0 Å². The molecule has 1 amide bonds. The number of ether oxygens (including phenoxy) is 1. The molecule has 0 aromatic rings. The van der Waals surface area contributed by atoms with Gasteiger partial charge in [0, 0.05) is 12.8 Å². The quantitative estimate of drug-likeness (QED) is 0.656. The van der Waals surface area contributed by atoms with Gasteiger partial charge in [0.25, 0.3) is 0 Å². The second-order valence-corrected chi connectivity index (χ2v) is 7.73. The number of piperidine rings is 1. The van der Waals surface area contributed by atoms with Crippen LogP contribution < -0.4 is 5.32 Å². The Hall–Kier alpha value is -0.850. The van der Waals surface area contributed by atoms with E-state index in [4.69, 9.17) is 9.84 Å². The second kappa shape index (κ2) is 4.32. The molecule has 0 saturated carbocycles. The first-order chi connectivity index (χ1) is 8.95. The third-order valence-corrected chi connectivity index (χ3v) is 4.48. The van der Waals surface area contributed by atoms with Gasteiger partial charge < -0.3 is 20.3 Å². The van der Waals surface area contributed by atoms with Crippen molar-refractivity contribution in [3.8, 4) is 0 Å². The van der Waals surface area contributed by atoms with Crippen molar-refractivity contribution >= 4 is 6.09 Å². The van der Waals surface area contributed by atoms with Crippen molar-refractivity contribution in [2.75, 3.05) is 13.2 Å². The van der Waals surface area contributed by atoms with Gasteiger partial charge in [-0.3, -0.25) is 4.90 Å². The van der Waals surface area contributed by atoms with Crippen LogP contribution in [0.3, 0.4) is 0 Å². The first-order valence-corrected chi connectivity index (χ1v) is 7.16. The molecule has 2 saturated heterocycles. The SMILES string of the molecule is CC1(C)CC2(CC(C)(C)[NH2+]1)OC(=O)N(CCO)[C@]2(C)O. The summed E-state index contributed by atoms with van der Waals surface area (Å²) in [4.78, 5) is 13.3. The lowest BCUT2D eigenvalue weighted by Crippen LogP contribution is -3.07. The summed E-state index contributed by atoms with van der Waals surface area (Å²) >= 11 is 0. The topological polar surface area (TPSA) is 86.6 Å². The maximum absolute atomic E-state index is 12.1. The summed E-state index contributed by atoms with van der Waals surface area (Å²) in [5.41, 5.74) is -2.61. The van der Waals surface area contributed by atoms with Crippen LogP contribution in [-0.4, -0.2) is 56.8 Å². The van der Waals surface area contributed by atoms with Gasteiger partial charge in [-0.05, 0) is 34.6 Å². The third-order valence-electron chi connectivity index (χ3n) is 4.48. The Balaban J connectivity index is 2.41. The van der Waals surface area contributed by atoms with E-state index in [0.717, 1.165) is 0 Å². The molecule has 2 aliphatic rings. The van der Waals surface area contributed by atoms with E-state index in [9.17, 15) is 9.90 Å². The number of amides is 1. The molecule has 0 bridgehead atoms. The number of hydrogen-bond acceptors (Lipinski definition) is 4. The summed E-state index contributed by atoms with van der Waals surface area (Å²) in [6.07, 6.45) is 0.603. The minimum Gasteiger partial charge on any atom is -0.437 e. The molecule has 0 aromatic heterocycles. The van der Waals surface area contributed by atoms with E-state index in [-0.39, 0.29) is 24.2 Å². The highest BCUT2D eigenvalue weighted by atomic mass is 16.6. The molecule has 6 heteroatoms. The van der Waals surface area contributed by atoms with E-state index in [2.05, 4.69) is 33.0 Å². The lowest BCUT2D eigenvalue weighted by molar-refractivity contribution is -0.793. The Morgan fingerprint density at radius 3 is 2.15 bits per heavy atom. The van der Waals surface area contributed by atoms with Crippen LogP contribution in [0.25, 0.3) is 0 Å². The molecule has 0 aromatic carbocycles. The molecule has 0 radical (unpaired) electrons. The van der Waals surface area contributed by atoms with E-state index in [0.29, 0.717) is 12.8 Å². The second-order valence-electron chi connectivity index (χ2n) is 7.73. The summed E-state index contributed by atoms with van der Waals surface area (Å²) < 4.78 is 5.65. The van der Waals surface area contributed by atoms with Gasteiger partial charge in [-0.2, -0.15) is 0 Å². The number of nitrogens with two attached hydrogens (primary N) is 1.